The summed E-state index contributed by atoms with van der Waals surface area (Å²) in [5.41, 5.74) is 1.41. The fourth-order valence-electron chi connectivity index (χ4n) is 1.68. The molecule has 21 heavy (non-hydrogen) atoms. The van der Waals surface area contributed by atoms with E-state index < -0.39 is 0 Å². The van der Waals surface area contributed by atoms with Crippen LogP contribution in [0, 0.1) is 0 Å². The first kappa shape index (κ1) is 13.7. The summed E-state index contributed by atoms with van der Waals surface area (Å²) in [6.07, 6.45) is 4.87. The molecule has 106 valence electrons. The zero-order valence-corrected chi connectivity index (χ0v) is 12.5. The molecule has 0 radical (unpaired) electrons. The average Bonchev–Trinajstić information content (AvgIpc) is 2.97. The molecule has 0 saturated carbocycles. The number of ether oxygens (including phenoxy) is 1. The van der Waals surface area contributed by atoms with E-state index in [0.717, 1.165) is 5.69 Å². The minimum Gasteiger partial charge on any atom is -0.495 e. The number of benzene rings is 1. The number of anilines is 2. The maximum atomic E-state index is 5.99. The highest BCUT2D eigenvalue weighted by Gasteiger charge is 2.10. The number of aromatic nitrogens is 4. The van der Waals surface area contributed by atoms with Crippen molar-refractivity contribution in [2.24, 2.45) is 0 Å². The van der Waals surface area contributed by atoms with Crippen LogP contribution in [0.15, 0.2) is 36.8 Å². The number of nitrogens with one attached hydrogen (secondary N) is 1. The Kier molecular flexibility index (Phi) is 3.94. The zero-order chi connectivity index (χ0) is 14.7. The summed E-state index contributed by atoms with van der Waals surface area (Å²) in [5.74, 6) is 0.677. The van der Waals surface area contributed by atoms with Gasteiger partial charge in [0.05, 0.1) is 19.0 Å². The van der Waals surface area contributed by atoms with Gasteiger partial charge in [-0.1, -0.05) is 22.9 Å². The van der Waals surface area contributed by atoms with Crippen LogP contribution in [0.1, 0.15) is 0 Å². The standard InChI is InChI=1S/C13H10ClN5OS/c1-20-11-3-2-8(14)6-9(11)17-13-19-18-12(21-13)10-7-15-4-5-16-10/h2-7H,1H3,(H,17,19). The number of rotatable bonds is 4. The van der Waals surface area contributed by atoms with Gasteiger partial charge < -0.3 is 10.1 Å². The summed E-state index contributed by atoms with van der Waals surface area (Å²) < 4.78 is 5.28. The molecule has 0 amide bonds. The summed E-state index contributed by atoms with van der Waals surface area (Å²) in [4.78, 5) is 8.20. The van der Waals surface area contributed by atoms with Gasteiger partial charge in [-0.05, 0) is 18.2 Å². The van der Waals surface area contributed by atoms with E-state index in [1.54, 1.807) is 43.9 Å². The van der Waals surface area contributed by atoms with Gasteiger partial charge in [-0.25, -0.2) is 0 Å². The van der Waals surface area contributed by atoms with Gasteiger partial charge in [0.25, 0.3) is 0 Å². The van der Waals surface area contributed by atoms with E-state index in [9.17, 15) is 0 Å². The number of hydrogen-bond donors (Lipinski definition) is 1. The lowest BCUT2D eigenvalue weighted by atomic mass is 10.3. The molecule has 0 aliphatic heterocycles. The summed E-state index contributed by atoms with van der Waals surface area (Å²) in [6.45, 7) is 0. The molecule has 1 aromatic carbocycles. The van der Waals surface area contributed by atoms with Crippen molar-refractivity contribution in [3.63, 3.8) is 0 Å². The van der Waals surface area contributed by atoms with E-state index in [4.69, 9.17) is 16.3 Å². The number of nitrogens with zero attached hydrogens (tertiary/aromatic N) is 4. The highest BCUT2D eigenvalue weighted by Crippen LogP contribution is 2.32. The van der Waals surface area contributed by atoms with Crippen LogP contribution in [0.25, 0.3) is 10.7 Å². The molecule has 3 aromatic rings. The Bertz CT molecular complexity index is 749. The van der Waals surface area contributed by atoms with Crippen molar-refractivity contribution in [3.05, 3.63) is 41.8 Å². The molecule has 0 aliphatic carbocycles. The van der Waals surface area contributed by atoms with Gasteiger partial charge in [0.1, 0.15) is 11.4 Å². The molecule has 0 atom stereocenters. The summed E-state index contributed by atoms with van der Waals surface area (Å²) in [6, 6.07) is 5.32. The Morgan fingerprint density at radius 3 is 2.90 bits per heavy atom. The third-order valence-corrected chi connectivity index (χ3v) is 3.71. The lowest BCUT2D eigenvalue weighted by Gasteiger charge is -2.08. The lowest BCUT2D eigenvalue weighted by molar-refractivity contribution is 0.417. The van der Waals surface area contributed by atoms with Crippen LogP contribution in [0.3, 0.4) is 0 Å². The normalized spacial score (nSPS) is 10.4. The zero-order valence-electron chi connectivity index (χ0n) is 10.9. The molecular weight excluding hydrogens is 310 g/mol. The van der Waals surface area contributed by atoms with E-state index in [-0.39, 0.29) is 0 Å². The molecule has 0 bridgehead atoms. The van der Waals surface area contributed by atoms with Crippen LogP contribution in [-0.2, 0) is 0 Å². The van der Waals surface area contributed by atoms with Gasteiger partial charge in [-0.3, -0.25) is 9.97 Å². The Balaban J connectivity index is 1.87. The molecule has 2 aromatic heterocycles. The highest BCUT2D eigenvalue weighted by atomic mass is 35.5. The first-order valence-corrected chi connectivity index (χ1v) is 7.16. The molecule has 8 heteroatoms. The van der Waals surface area contributed by atoms with Crippen LogP contribution in [0.2, 0.25) is 5.02 Å². The van der Waals surface area contributed by atoms with Crippen molar-refractivity contribution >= 4 is 33.8 Å². The summed E-state index contributed by atoms with van der Waals surface area (Å²) in [5, 5.41) is 13.2. The predicted octanol–water partition coefficient (Wildman–Crippen LogP) is 3.40. The van der Waals surface area contributed by atoms with Crippen molar-refractivity contribution in [2.45, 2.75) is 0 Å². The van der Waals surface area contributed by atoms with E-state index in [1.807, 2.05) is 0 Å². The molecule has 0 fully saturated rings. The number of methoxy groups -OCH3 is 1. The largest absolute Gasteiger partial charge is 0.495 e. The van der Waals surface area contributed by atoms with Gasteiger partial charge in [0, 0.05) is 17.4 Å². The van der Waals surface area contributed by atoms with Crippen molar-refractivity contribution in [3.8, 4) is 16.5 Å². The Labute approximate surface area is 129 Å². The van der Waals surface area contributed by atoms with Crippen LogP contribution >= 0.6 is 22.9 Å². The van der Waals surface area contributed by atoms with Crippen molar-refractivity contribution in [1.82, 2.24) is 20.2 Å². The molecular formula is C13H10ClN5OS. The van der Waals surface area contributed by atoms with E-state index in [2.05, 4.69) is 25.5 Å². The second-order valence-electron chi connectivity index (χ2n) is 3.97. The lowest BCUT2D eigenvalue weighted by Crippen LogP contribution is -1.94. The molecule has 0 spiro atoms. The van der Waals surface area contributed by atoms with E-state index in [1.165, 1.54) is 11.3 Å². The average molecular weight is 320 g/mol. The molecule has 6 nitrogen and oxygen atoms in total. The molecule has 0 saturated heterocycles. The first-order valence-electron chi connectivity index (χ1n) is 5.97. The quantitative estimate of drug-likeness (QED) is 0.794. The van der Waals surface area contributed by atoms with Crippen LogP contribution in [-0.4, -0.2) is 27.3 Å². The third-order valence-electron chi connectivity index (χ3n) is 2.61. The van der Waals surface area contributed by atoms with E-state index in [0.29, 0.717) is 26.6 Å². The van der Waals surface area contributed by atoms with Crippen LogP contribution < -0.4 is 10.1 Å². The van der Waals surface area contributed by atoms with E-state index >= 15 is 0 Å². The third kappa shape index (κ3) is 3.09. The molecule has 0 aliphatic rings. The smallest absolute Gasteiger partial charge is 0.210 e. The second kappa shape index (κ2) is 6.02. The second-order valence-corrected chi connectivity index (χ2v) is 5.39. The van der Waals surface area contributed by atoms with Gasteiger partial charge in [-0.15, -0.1) is 10.2 Å². The van der Waals surface area contributed by atoms with Gasteiger partial charge in [0.2, 0.25) is 5.13 Å². The summed E-state index contributed by atoms with van der Waals surface area (Å²) >= 11 is 7.37. The fourth-order valence-corrected chi connectivity index (χ4v) is 2.57. The van der Waals surface area contributed by atoms with Crippen LogP contribution in [0.5, 0.6) is 5.75 Å². The maximum absolute atomic E-state index is 5.99. The molecule has 0 unspecified atom stereocenters. The van der Waals surface area contributed by atoms with Gasteiger partial charge in [-0.2, -0.15) is 0 Å². The Hall–Kier alpha value is -2.25. The Morgan fingerprint density at radius 2 is 2.14 bits per heavy atom. The van der Waals surface area contributed by atoms with Crippen molar-refractivity contribution in [1.29, 1.82) is 0 Å². The monoisotopic (exact) mass is 319 g/mol. The molecule has 1 N–H and O–H groups in total. The maximum Gasteiger partial charge on any atom is 0.210 e. The highest BCUT2D eigenvalue weighted by molar-refractivity contribution is 7.18. The number of halogens is 1. The summed E-state index contributed by atoms with van der Waals surface area (Å²) in [7, 11) is 1.60. The fraction of sp³-hybridized carbons (Fsp3) is 0.0769. The Morgan fingerprint density at radius 1 is 1.24 bits per heavy atom. The minimum absolute atomic E-state index is 0.608. The SMILES string of the molecule is COc1ccc(Cl)cc1Nc1nnc(-c2cnccn2)s1. The van der Waals surface area contributed by atoms with Gasteiger partial charge in [0.15, 0.2) is 5.01 Å². The molecule has 2 heterocycles. The van der Waals surface area contributed by atoms with Gasteiger partial charge >= 0.3 is 0 Å². The topological polar surface area (TPSA) is 72.8 Å². The minimum atomic E-state index is 0.608. The van der Waals surface area contributed by atoms with Crippen molar-refractivity contribution in [2.75, 3.05) is 12.4 Å². The number of hydrogen-bond acceptors (Lipinski definition) is 7. The first-order chi connectivity index (χ1) is 10.3. The van der Waals surface area contributed by atoms with Crippen molar-refractivity contribution < 1.29 is 4.74 Å². The predicted molar refractivity (Wildman–Crippen MR) is 82.2 cm³/mol. The molecule has 3 rings (SSSR count). The van der Waals surface area contributed by atoms with Crippen LogP contribution in [0.4, 0.5) is 10.8 Å².